The van der Waals surface area contributed by atoms with Crippen LogP contribution < -0.4 is 10.5 Å². The summed E-state index contributed by atoms with van der Waals surface area (Å²) in [5.74, 6) is 0.779. The fourth-order valence-corrected chi connectivity index (χ4v) is 2.48. The number of rotatable bonds is 3. The third kappa shape index (κ3) is 2.81. The van der Waals surface area contributed by atoms with E-state index >= 15 is 0 Å². The Bertz CT molecular complexity index is 458. The van der Waals surface area contributed by atoms with Crippen LogP contribution in [0.5, 0.6) is 5.75 Å². The average molecular weight is 268 g/mol. The van der Waals surface area contributed by atoms with E-state index in [4.69, 9.17) is 22.1 Å². The molecule has 0 bridgehead atoms. The van der Waals surface area contributed by atoms with Crippen LogP contribution in [0.3, 0.4) is 0 Å². The van der Waals surface area contributed by atoms with E-state index in [-0.39, 0.29) is 11.0 Å². The quantitative estimate of drug-likeness (QED) is 0.907. The van der Waals surface area contributed by atoms with Crippen molar-refractivity contribution in [3.8, 4) is 5.75 Å². The molecule has 0 aromatic heterocycles. The SMILES string of the molecule is COc1c(Cl)cc(C(C)(C)C)cc1CC1(N)CC1. The second kappa shape index (κ2) is 4.43. The molecule has 1 saturated carbocycles. The normalized spacial score (nSPS) is 17.7. The lowest BCUT2D eigenvalue weighted by Gasteiger charge is -2.23. The molecule has 0 amide bonds. The molecule has 0 saturated heterocycles. The fourth-order valence-electron chi connectivity index (χ4n) is 2.16. The second-order valence-electron chi connectivity index (χ2n) is 6.44. The minimum Gasteiger partial charge on any atom is -0.495 e. The van der Waals surface area contributed by atoms with Gasteiger partial charge in [-0.2, -0.15) is 0 Å². The van der Waals surface area contributed by atoms with Crippen LogP contribution >= 0.6 is 11.6 Å². The van der Waals surface area contributed by atoms with Crippen molar-refractivity contribution in [2.75, 3.05) is 7.11 Å². The number of hydrogen-bond acceptors (Lipinski definition) is 2. The maximum Gasteiger partial charge on any atom is 0.140 e. The molecule has 1 aromatic carbocycles. The highest BCUT2D eigenvalue weighted by atomic mass is 35.5. The van der Waals surface area contributed by atoms with Gasteiger partial charge in [-0.15, -0.1) is 0 Å². The predicted octanol–water partition coefficient (Wildman–Crippen LogP) is 3.68. The van der Waals surface area contributed by atoms with Gasteiger partial charge >= 0.3 is 0 Å². The number of hydrogen-bond donors (Lipinski definition) is 1. The molecule has 0 unspecified atom stereocenters. The summed E-state index contributed by atoms with van der Waals surface area (Å²) in [5.41, 5.74) is 8.62. The van der Waals surface area contributed by atoms with Gasteiger partial charge in [0.1, 0.15) is 5.75 Å². The van der Waals surface area contributed by atoms with Crippen LogP contribution in [-0.2, 0) is 11.8 Å². The van der Waals surface area contributed by atoms with Gasteiger partial charge in [-0.25, -0.2) is 0 Å². The first kappa shape index (κ1) is 13.7. The van der Waals surface area contributed by atoms with Gasteiger partial charge in [0.25, 0.3) is 0 Å². The fraction of sp³-hybridized carbons (Fsp3) is 0.600. The van der Waals surface area contributed by atoms with Crippen LogP contribution in [0.1, 0.15) is 44.7 Å². The van der Waals surface area contributed by atoms with E-state index in [1.807, 2.05) is 6.07 Å². The first-order chi connectivity index (χ1) is 8.25. The minimum atomic E-state index is -0.0346. The smallest absolute Gasteiger partial charge is 0.140 e. The van der Waals surface area contributed by atoms with Crippen LogP contribution in [0.15, 0.2) is 12.1 Å². The molecule has 1 aliphatic rings. The third-order valence-corrected chi connectivity index (χ3v) is 3.91. The van der Waals surface area contributed by atoms with Crippen LogP contribution in [0.4, 0.5) is 0 Å². The van der Waals surface area contributed by atoms with Gasteiger partial charge in [0.15, 0.2) is 0 Å². The first-order valence-corrected chi connectivity index (χ1v) is 6.79. The van der Waals surface area contributed by atoms with E-state index in [0.29, 0.717) is 5.02 Å². The monoisotopic (exact) mass is 267 g/mol. The molecular weight excluding hydrogens is 246 g/mol. The maximum absolute atomic E-state index is 6.32. The Morgan fingerprint density at radius 1 is 1.33 bits per heavy atom. The number of benzene rings is 1. The lowest BCUT2D eigenvalue weighted by molar-refractivity contribution is 0.407. The Morgan fingerprint density at radius 2 is 1.94 bits per heavy atom. The standard InChI is InChI=1S/C15H22ClNO/c1-14(2,3)11-7-10(9-15(17)5-6-15)13(18-4)12(16)8-11/h7-8H,5-6,9,17H2,1-4H3. The van der Waals surface area contributed by atoms with Crippen molar-refractivity contribution in [1.82, 2.24) is 0 Å². The van der Waals surface area contributed by atoms with Crippen molar-refractivity contribution in [2.45, 2.75) is 51.0 Å². The van der Waals surface area contributed by atoms with E-state index in [1.165, 1.54) is 5.56 Å². The largest absolute Gasteiger partial charge is 0.495 e. The zero-order valence-electron chi connectivity index (χ0n) is 11.6. The second-order valence-corrected chi connectivity index (χ2v) is 6.85. The molecule has 0 radical (unpaired) electrons. The van der Waals surface area contributed by atoms with E-state index in [2.05, 4.69) is 26.8 Å². The predicted molar refractivity (Wildman–Crippen MR) is 76.6 cm³/mol. The lowest BCUT2D eigenvalue weighted by Crippen LogP contribution is -2.25. The number of ether oxygens (including phenoxy) is 1. The number of nitrogens with two attached hydrogens (primary N) is 1. The molecule has 100 valence electrons. The topological polar surface area (TPSA) is 35.2 Å². The highest BCUT2D eigenvalue weighted by Gasteiger charge is 2.39. The van der Waals surface area contributed by atoms with E-state index in [0.717, 1.165) is 30.6 Å². The Kier molecular flexibility index (Phi) is 3.37. The molecule has 0 heterocycles. The molecule has 0 atom stereocenters. The lowest BCUT2D eigenvalue weighted by atomic mass is 9.85. The average Bonchev–Trinajstić information content (AvgIpc) is 2.94. The van der Waals surface area contributed by atoms with Crippen molar-refractivity contribution < 1.29 is 4.74 Å². The zero-order chi connectivity index (χ0) is 13.6. The minimum absolute atomic E-state index is 0.0346. The van der Waals surface area contributed by atoms with Gasteiger partial charge in [-0.1, -0.05) is 38.4 Å². The first-order valence-electron chi connectivity index (χ1n) is 6.41. The Morgan fingerprint density at radius 3 is 2.39 bits per heavy atom. The van der Waals surface area contributed by atoms with Crippen molar-refractivity contribution in [1.29, 1.82) is 0 Å². The summed E-state index contributed by atoms with van der Waals surface area (Å²) in [4.78, 5) is 0. The van der Waals surface area contributed by atoms with E-state index in [9.17, 15) is 0 Å². The van der Waals surface area contributed by atoms with Gasteiger partial charge in [0.05, 0.1) is 12.1 Å². The summed E-state index contributed by atoms with van der Waals surface area (Å²) >= 11 is 6.32. The van der Waals surface area contributed by atoms with E-state index < -0.39 is 0 Å². The van der Waals surface area contributed by atoms with Crippen molar-refractivity contribution in [2.24, 2.45) is 5.73 Å². The van der Waals surface area contributed by atoms with Crippen LogP contribution in [0.25, 0.3) is 0 Å². The summed E-state index contributed by atoms with van der Waals surface area (Å²) in [6.07, 6.45) is 3.03. The Labute approximate surface area is 114 Å². The molecule has 2 nitrogen and oxygen atoms in total. The summed E-state index contributed by atoms with van der Waals surface area (Å²) in [6.45, 7) is 6.55. The Balaban J connectivity index is 2.43. The van der Waals surface area contributed by atoms with Gasteiger partial charge in [0.2, 0.25) is 0 Å². The molecule has 18 heavy (non-hydrogen) atoms. The highest BCUT2D eigenvalue weighted by molar-refractivity contribution is 6.32. The molecule has 1 aliphatic carbocycles. The molecule has 0 aliphatic heterocycles. The molecular formula is C15H22ClNO. The Hall–Kier alpha value is -0.730. The zero-order valence-corrected chi connectivity index (χ0v) is 12.4. The molecule has 2 rings (SSSR count). The third-order valence-electron chi connectivity index (χ3n) is 3.63. The molecule has 0 spiro atoms. The van der Waals surface area contributed by atoms with Gasteiger partial charge in [-0.3, -0.25) is 0 Å². The van der Waals surface area contributed by atoms with E-state index in [1.54, 1.807) is 7.11 Å². The number of methoxy groups -OCH3 is 1. The maximum atomic E-state index is 6.32. The molecule has 1 fully saturated rings. The summed E-state index contributed by atoms with van der Waals surface area (Å²) in [6, 6.07) is 4.19. The molecule has 2 N–H and O–H groups in total. The van der Waals surface area contributed by atoms with Crippen LogP contribution in [0.2, 0.25) is 5.02 Å². The van der Waals surface area contributed by atoms with Crippen LogP contribution in [0, 0.1) is 0 Å². The molecule has 3 heteroatoms. The van der Waals surface area contributed by atoms with Gasteiger partial charge in [-0.05, 0) is 41.9 Å². The van der Waals surface area contributed by atoms with Gasteiger partial charge in [0, 0.05) is 5.54 Å². The summed E-state index contributed by atoms with van der Waals surface area (Å²) < 4.78 is 5.43. The molecule has 1 aromatic rings. The van der Waals surface area contributed by atoms with Crippen molar-refractivity contribution in [3.05, 3.63) is 28.3 Å². The highest BCUT2D eigenvalue weighted by Crippen LogP contribution is 2.41. The van der Waals surface area contributed by atoms with Gasteiger partial charge < -0.3 is 10.5 Å². The summed E-state index contributed by atoms with van der Waals surface area (Å²) in [7, 11) is 1.66. The van der Waals surface area contributed by atoms with Crippen molar-refractivity contribution >= 4 is 11.6 Å². The summed E-state index contributed by atoms with van der Waals surface area (Å²) in [5, 5.41) is 0.684. The van der Waals surface area contributed by atoms with Crippen molar-refractivity contribution in [3.63, 3.8) is 0 Å². The number of halogens is 1. The van der Waals surface area contributed by atoms with Crippen LogP contribution in [-0.4, -0.2) is 12.6 Å².